The Kier molecular flexibility index (Phi) is 9.56. The summed E-state index contributed by atoms with van der Waals surface area (Å²) in [5.41, 5.74) is 1.06. The molecule has 9 heteroatoms. The van der Waals surface area contributed by atoms with E-state index >= 15 is 0 Å². The highest BCUT2D eigenvalue weighted by molar-refractivity contribution is 5.91. The third kappa shape index (κ3) is 7.52. The number of hydrogen-bond acceptors (Lipinski definition) is 9. The number of benzene rings is 4. The quantitative estimate of drug-likeness (QED) is 0.201. The van der Waals surface area contributed by atoms with Crippen molar-refractivity contribution >= 4 is 23.9 Å². The Bertz CT molecular complexity index is 1530. The van der Waals surface area contributed by atoms with Gasteiger partial charge < -0.3 is 23.7 Å². The molecule has 1 saturated heterocycles. The average molecular weight is 581 g/mol. The minimum absolute atomic E-state index is 0.224. The minimum Gasteiger partial charge on any atom is -0.459 e. The molecule has 0 aromatic heterocycles. The standard InChI is InChI=1S/C34H28O9/c35-31(23-13-5-1-6-14-23)40-21-27-29(42-33(37)25-17-9-3-10-18-25)30(43-34(38)26-19-11-4-12-20-26)28(22-39-27)41-32(36)24-15-7-2-8-16-24/h1-20,27-30H,21-22H2/t27-,28+,29-,30-/m1/s1. The molecule has 218 valence electrons. The van der Waals surface area contributed by atoms with Gasteiger partial charge in [0.25, 0.3) is 0 Å². The molecule has 0 unspecified atom stereocenters. The fraction of sp³-hybridized carbons (Fsp3) is 0.176. The van der Waals surface area contributed by atoms with Gasteiger partial charge in [0.15, 0.2) is 18.3 Å². The van der Waals surface area contributed by atoms with Crippen molar-refractivity contribution in [2.24, 2.45) is 0 Å². The maximum atomic E-state index is 13.2. The summed E-state index contributed by atoms with van der Waals surface area (Å²) in [5.74, 6) is -2.76. The highest BCUT2D eigenvalue weighted by atomic mass is 16.7. The lowest BCUT2D eigenvalue weighted by Gasteiger charge is -2.40. The number of esters is 4. The number of rotatable bonds is 9. The van der Waals surface area contributed by atoms with Crippen molar-refractivity contribution in [1.82, 2.24) is 0 Å². The van der Waals surface area contributed by atoms with E-state index in [0.29, 0.717) is 5.56 Å². The summed E-state index contributed by atoms with van der Waals surface area (Å²) >= 11 is 0. The molecule has 0 spiro atoms. The number of hydrogen-bond donors (Lipinski definition) is 0. The van der Waals surface area contributed by atoms with Crippen molar-refractivity contribution in [2.75, 3.05) is 13.2 Å². The molecule has 0 bridgehead atoms. The van der Waals surface area contributed by atoms with Gasteiger partial charge in [-0.1, -0.05) is 72.8 Å². The molecule has 0 amide bonds. The molecule has 1 heterocycles. The van der Waals surface area contributed by atoms with E-state index in [9.17, 15) is 19.2 Å². The molecule has 0 N–H and O–H groups in total. The van der Waals surface area contributed by atoms with Gasteiger partial charge in [-0.25, -0.2) is 19.2 Å². The topological polar surface area (TPSA) is 114 Å². The summed E-state index contributed by atoms with van der Waals surface area (Å²) in [5, 5.41) is 0. The van der Waals surface area contributed by atoms with E-state index in [0.717, 1.165) is 0 Å². The van der Waals surface area contributed by atoms with Crippen LogP contribution in [0.5, 0.6) is 0 Å². The van der Waals surface area contributed by atoms with Gasteiger partial charge in [0.05, 0.1) is 28.9 Å². The summed E-state index contributed by atoms with van der Waals surface area (Å²) in [4.78, 5) is 52.2. The Labute approximate surface area is 247 Å². The van der Waals surface area contributed by atoms with Crippen molar-refractivity contribution < 1.29 is 42.9 Å². The van der Waals surface area contributed by atoms with Crippen molar-refractivity contribution in [3.05, 3.63) is 144 Å². The minimum atomic E-state index is -1.31. The highest BCUT2D eigenvalue weighted by Crippen LogP contribution is 2.27. The zero-order chi connectivity index (χ0) is 30.0. The Morgan fingerprint density at radius 1 is 0.512 bits per heavy atom. The summed E-state index contributed by atoms with van der Waals surface area (Å²) < 4.78 is 29.0. The Hall–Kier alpha value is -5.28. The largest absolute Gasteiger partial charge is 0.459 e. The molecule has 5 rings (SSSR count). The number of carbonyl (C=O) groups is 4. The predicted octanol–water partition coefficient (Wildman–Crippen LogP) is 4.92. The first-order valence-corrected chi connectivity index (χ1v) is 13.6. The van der Waals surface area contributed by atoms with Gasteiger partial charge in [-0.2, -0.15) is 0 Å². The lowest BCUT2D eigenvalue weighted by molar-refractivity contribution is -0.197. The average Bonchev–Trinajstić information content (AvgIpc) is 3.07. The second-order valence-corrected chi connectivity index (χ2v) is 9.62. The Balaban J connectivity index is 1.44. The summed E-state index contributed by atoms with van der Waals surface area (Å²) in [6.07, 6.45) is -4.83. The van der Waals surface area contributed by atoms with Gasteiger partial charge in [0.1, 0.15) is 12.7 Å². The molecule has 43 heavy (non-hydrogen) atoms. The lowest BCUT2D eigenvalue weighted by atomic mass is 9.99. The van der Waals surface area contributed by atoms with Crippen molar-refractivity contribution in [3.8, 4) is 0 Å². The molecular weight excluding hydrogens is 552 g/mol. The zero-order valence-electron chi connectivity index (χ0n) is 22.9. The first-order valence-electron chi connectivity index (χ1n) is 13.6. The van der Waals surface area contributed by atoms with Gasteiger partial charge in [0.2, 0.25) is 0 Å². The number of ether oxygens (including phenoxy) is 5. The van der Waals surface area contributed by atoms with Crippen LogP contribution in [0.1, 0.15) is 41.4 Å². The van der Waals surface area contributed by atoms with Crippen molar-refractivity contribution in [2.45, 2.75) is 24.4 Å². The van der Waals surface area contributed by atoms with E-state index < -0.39 is 48.3 Å². The molecular formula is C34H28O9. The van der Waals surface area contributed by atoms with E-state index in [-0.39, 0.29) is 29.9 Å². The van der Waals surface area contributed by atoms with Crippen LogP contribution >= 0.6 is 0 Å². The van der Waals surface area contributed by atoms with Crippen molar-refractivity contribution in [3.63, 3.8) is 0 Å². The van der Waals surface area contributed by atoms with Crippen LogP contribution in [0.2, 0.25) is 0 Å². The molecule has 1 aliphatic heterocycles. The van der Waals surface area contributed by atoms with Gasteiger partial charge in [-0.3, -0.25) is 0 Å². The fourth-order valence-electron chi connectivity index (χ4n) is 4.49. The first kappa shape index (κ1) is 29.2. The Morgan fingerprint density at radius 3 is 1.33 bits per heavy atom. The molecule has 0 saturated carbocycles. The van der Waals surface area contributed by atoms with Crippen molar-refractivity contribution in [1.29, 1.82) is 0 Å². The van der Waals surface area contributed by atoms with Crippen LogP contribution in [0, 0.1) is 0 Å². The van der Waals surface area contributed by atoms with Gasteiger partial charge in [-0.15, -0.1) is 0 Å². The summed E-state index contributed by atoms with van der Waals surface area (Å²) in [6, 6.07) is 33.1. The van der Waals surface area contributed by atoms with Crippen LogP contribution < -0.4 is 0 Å². The van der Waals surface area contributed by atoms with E-state index in [2.05, 4.69) is 0 Å². The summed E-state index contributed by atoms with van der Waals surface area (Å²) in [6.45, 7) is -0.558. The fourth-order valence-corrected chi connectivity index (χ4v) is 4.49. The van der Waals surface area contributed by atoms with E-state index in [4.69, 9.17) is 23.7 Å². The van der Waals surface area contributed by atoms with Crippen LogP contribution in [0.4, 0.5) is 0 Å². The van der Waals surface area contributed by atoms with Gasteiger partial charge in [-0.05, 0) is 48.5 Å². The Morgan fingerprint density at radius 2 is 0.884 bits per heavy atom. The van der Waals surface area contributed by atoms with Crippen LogP contribution in [0.15, 0.2) is 121 Å². The SMILES string of the molecule is O=C(OC[C@H]1OC[C@H](OC(=O)c2ccccc2)[C@@H](OC(=O)c2ccccc2)[C@@H]1OC(=O)c1ccccc1)c1ccccc1. The molecule has 0 aliphatic carbocycles. The van der Waals surface area contributed by atoms with Gasteiger partial charge in [0, 0.05) is 0 Å². The van der Waals surface area contributed by atoms with E-state index in [1.165, 1.54) is 0 Å². The maximum absolute atomic E-state index is 13.2. The highest BCUT2D eigenvalue weighted by Gasteiger charge is 2.48. The van der Waals surface area contributed by atoms with Crippen LogP contribution in [-0.4, -0.2) is 61.5 Å². The monoisotopic (exact) mass is 580 g/mol. The van der Waals surface area contributed by atoms with Gasteiger partial charge >= 0.3 is 23.9 Å². The molecule has 1 aliphatic rings. The van der Waals surface area contributed by atoms with Crippen LogP contribution in [-0.2, 0) is 23.7 Å². The third-order valence-electron chi connectivity index (χ3n) is 6.69. The van der Waals surface area contributed by atoms with E-state index in [1.807, 2.05) is 0 Å². The summed E-state index contributed by atoms with van der Waals surface area (Å²) in [7, 11) is 0. The molecule has 9 nitrogen and oxygen atoms in total. The number of carbonyl (C=O) groups excluding carboxylic acids is 4. The molecule has 4 atom stereocenters. The normalized spacial score (nSPS) is 19.4. The molecule has 4 aromatic carbocycles. The van der Waals surface area contributed by atoms with E-state index in [1.54, 1.807) is 121 Å². The first-order chi connectivity index (χ1) is 21.0. The lowest BCUT2D eigenvalue weighted by Crippen LogP contribution is -2.59. The smallest absolute Gasteiger partial charge is 0.338 e. The second kappa shape index (κ2) is 14.1. The second-order valence-electron chi connectivity index (χ2n) is 9.62. The zero-order valence-corrected chi connectivity index (χ0v) is 22.9. The maximum Gasteiger partial charge on any atom is 0.338 e. The van der Waals surface area contributed by atoms with Crippen LogP contribution in [0.25, 0.3) is 0 Å². The predicted molar refractivity (Wildman–Crippen MR) is 153 cm³/mol. The third-order valence-corrected chi connectivity index (χ3v) is 6.69. The molecule has 4 aromatic rings. The van der Waals surface area contributed by atoms with Crippen LogP contribution in [0.3, 0.4) is 0 Å². The molecule has 0 radical (unpaired) electrons. The molecule has 1 fully saturated rings.